The summed E-state index contributed by atoms with van der Waals surface area (Å²) in [7, 11) is 0. The van der Waals surface area contributed by atoms with Crippen LogP contribution in [0.15, 0.2) is 79.9 Å². The first-order valence-corrected chi connectivity index (χ1v) is 18.0. The highest BCUT2D eigenvalue weighted by atomic mass is 32.2. The molecule has 0 aliphatic carbocycles. The SMILES string of the molecule is C=CCN(Cc1ccccc1)C(=O)[C@@H]1[C@H]2C(=O)N(CCCCCO)C(C(=O)N(CC=C)c3ccc(N(CC)CC)cc3)C23CC[C@H]1S3. The lowest BCUT2D eigenvalue weighted by Crippen LogP contribution is -2.55. The predicted octanol–water partition coefficient (Wildman–Crippen LogP) is 5.52. The largest absolute Gasteiger partial charge is 0.396 e. The van der Waals surface area contributed by atoms with Crippen LogP contribution in [0.1, 0.15) is 51.5 Å². The number of nitrogens with zero attached hydrogens (tertiary/aromatic N) is 4. The molecule has 3 amide bonds. The Morgan fingerprint density at radius 3 is 2.28 bits per heavy atom. The average molecular weight is 659 g/mol. The third kappa shape index (κ3) is 6.74. The smallest absolute Gasteiger partial charge is 0.251 e. The number of thioether (sulfide) groups is 1. The molecule has 252 valence electrons. The minimum atomic E-state index is -0.689. The number of carbonyl (C=O) groups is 3. The zero-order chi connectivity index (χ0) is 33.6. The van der Waals surface area contributed by atoms with Gasteiger partial charge in [0.25, 0.3) is 5.91 Å². The number of hydrogen-bond donors (Lipinski definition) is 1. The van der Waals surface area contributed by atoms with Crippen molar-refractivity contribution in [3.63, 3.8) is 0 Å². The summed E-state index contributed by atoms with van der Waals surface area (Å²) in [6, 6.07) is 17.3. The minimum absolute atomic E-state index is 0.0208. The second kappa shape index (κ2) is 15.6. The fourth-order valence-electron chi connectivity index (χ4n) is 7.96. The number of likely N-dealkylation sites (tertiary alicyclic amines) is 1. The zero-order valence-electron chi connectivity index (χ0n) is 27.9. The lowest BCUT2D eigenvalue weighted by Gasteiger charge is -2.37. The van der Waals surface area contributed by atoms with Crippen molar-refractivity contribution in [3.8, 4) is 0 Å². The Morgan fingerprint density at radius 2 is 1.64 bits per heavy atom. The lowest BCUT2D eigenvalue weighted by molar-refractivity contribution is -0.144. The van der Waals surface area contributed by atoms with Crippen LogP contribution in [0, 0.1) is 11.8 Å². The van der Waals surface area contributed by atoms with Crippen molar-refractivity contribution in [2.24, 2.45) is 11.8 Å². The molecule has 0 radical (unpaired) electrons. The monoisotopic (exact) mass is 658 g/mol. The Balaban J connectivity index is 1.49. The predicted molar refractivity (Wildman–Crippen MR) is 191 cm³/mol. The van der Waals surface area contributed by atoms with Crippen LogP contribution in [0.3, 0.4) is 0 Å². The van der Waals surface area contributed by atoms with Crippen LogP contribution in [0.25, 0.3) is 0 Å². The number of anilines is 2. The van der Waals surface area contributed by atoms with Crippen LogP contribution in [-0.4, -0.2) is 88.0 Å². The highest BCUT2D eigenvalue weighted by molar-refractivity contribution is 8.02. The van der Waals surface area contributed by atoms with E-state index in [1.54, 1.807) is 33.7 Å². The molecule has 0 saturated carbocycles. The molecule has 2 aromatic rings. The van der Waals surface area contributed by atoms with Gasteiger partial charge in [-0.05, 0) is 75.8 Å². The van der Waals surface area contributed by atoms with E-state index in [0.717, 1.165) is 49.3 Å². The van der Waals surface area contributed by atoms with Gasteiger partial charge in [0.2, 0.25) is 11.8 Å². The first kappa shape index (κ1) is 34.8. The van der Waals surface area contributed by atoms with Gasteiger partial charge in [0, 0.05) is 62.5 Å². The van der Waals surface area contributed by atoms with Gasteiger partial charge in [0.05, 0.1) is 16.6 Å². The van der Waals surface area contributed by atoms with Crippen LogP contribution in [0.4, 0.5) is 11.4 Å². The molecule has 2 unspecified atom stereocenters. The van der Waals surface area contributed by atoms with E-state index in [4.69, 9.17) is 0 Å². The molecule has 2 bridgehead atoms. The molecule has 9 heteroatoms. The molecular formula is C38H50N4O4S. The third-order valence-electron chi connectivity index (χ3n) is 10.1. The molecule has 3 fully saturated rings. The Morgan fingerprint density at radius 1 is 0.957 bits per heavy atom. The van der Waals surface area contributed by atoms with E-state index in [2.05, 4.69) is 31.9 Å². The molecule has 47 heavy (non-hydrogen) atoms. The van der Waals surface area contributed by atoms with Crippen molar-refractivity contribution in [2.75, 3.05) is 49.1 Å². The number of aliphatic hydroxyl groups is 1. The molecule has 8 nitrogen and oxygen atoms in total. The lowest BCUT2D eigenvalue weighted by atomic mass is 9.70. The number of carbonyl (C=O) groups excluding carboxylic acids is 3. The maximum absolute atomic E-state index is 14.9. The summed E-state index contributed by atoms with van der Waals surface area (Å²) in [5.74, 6) is -1.30. The number of unbranched alkanes of at least 4 members (excludes halogenated alkanes) is 2. The highest BCUT2D eigenvalue weighted by Gasteiger charge is 2.74. The number of aliphatic hydroxyl groups excluding tert-OH is 1. The van der Waals surface area contributed by atoms with Crippen molar-refractivity contribution in [2.45, 2.75) is 68.5 Å². The van der Waals surface area contributed by atoms with Crippen LogP contribution >= 0.6 is 11.8 Å². The Kier molecular flexibility index (Phi) is 11.5. The summed E-state index contributed by atoms with van der Waals surface area (Å²) in [6.07, 6.45) is 7.06. The molecule has 2 aromatic carbocycles. The fourth-order valence-corrected chi connectivity index (χ4v) is 10.2. The topological polar surface area (TPSA) is 84.4 Å². The second-order valence-corrected chi connectivity index (χ2v) is 14.4. The van der Waals surface area contributed by atoms with Crippen LogP contribution in [-0.2, 0) is 20.9 Å². The molecule has 1 spiro atoms. The number of amides is 3. The summed E-state index contributed by atoms with van der Waals surface area (Å²) in [6.45, 7) is 15.5. The summed E-state index contributed by atoms with van der Waals surface area (Å²) in [4.78, 5) is 51.6. The van der Waals surface area contributed by atoms with E-state index in [1.165, 1.54) is 0 Å². The van der Waals surface area contributed by atoms with E-state index in [0.29, 0.717) is 39.0 Å². The van der Waals surface area contributed by atoms with Gasteiger partial charge in [-0.25, -0.2) is 0 Å². The van der Waals surface area contributed by atoms with Crippen molar-refractivity contribution < 1.29 is 19.5 Å². The van der Waals surface area contributed by atoms with Crippen molar-refractivity contribution in [3.05, 3.63) is 85.5 Å². The molecule has 3 aliphatic rings. The van der Waals surface area contributed by atoms with Crippen molar-refractivity contribution in [1.29, 1.82) is 0 Å². The van der Waals surface area contributed by atoms with Crippen LogP contribution in [0.2, 0.25) is 0 Å². The molecule has 5 rings (SSSR count). The zero-order valence-corrected chi connectivity index (χ0v) is 28.7. The molecule has 3 aliphatic heterocycles. The highest BCUT2D eigenvalue weighted by Crippen LogP contribution is 2.66. The maximum atomic E-state index is 14.9. The molecule has 1 N–H and O–H groups in total. The van der Waals surface area contributed by atoms with Crippen LogP contribution in [0.5, 0.6) is 0 Å². The van der Waals surface area contributed by atoms with Gasteiger partial charge in [-0.2, -0.15) is 0 Å². The number of fused-ring (bicyclic) bond motifs is 1. The number of hydrogen-bond acceptors (Lipinski definition) is 6. The van der Waals surface area contributed by atoms with Crippen LogP contribution < -0.4 is 9.80 Å². The van der Waals surface area contributed by atoms with E-state index >= 15 is 0 Å². The van der Waals surface area contributed by atoms with E-state index in [-0.39, 0.29) is 29.6 Å². The molecule has 5 atom stereocenters. The Hall–Kier alpha value is -3.56. The second-order valence-electron chi connectivity index (χ2n) is 12.8. The van der Waals surface area contributed by atoms with Gasteiger partial charge in [0.15, 0.2) is 0 Å². The Labute approximate surface area is 284 Å². The van der Waals surface area contributed by atoms with Gasteiger partial charge in [-0.15, -0.1) is 24.9 Å². The summed E-state index contributed by atoms with van der Waals surface area (Å²) in [5.41, 5.74) is 2.89. The summed E-state index contributed by atoms with van der Waals surface area (Å²) in [5, 5.41) is 9.38. The normalized spacial score (nSPS) is 24.2. The summed E-state index contributed by atoms with van der Waals surface area (Å²) >= 11 is 1.70. The van der Waals surface area contributed by atoms with Gasteiger partial charge in [0.1, 0.15) is 6.04 Å². The molecule has 0 aromatic heterocycles. The van der Waals surface area contributed by atoms with Gasteiger partial charge in [-0.1, -0.05) is 42.5 Å². The average Bonchev–Trinajstić information content (AvgIpc) is 3.73. The first-order chi connectivity index (χ1) is 22.8. The number of rotatable bonds is 17. The quantitative estimate of drug-likeness (QED) is 0.178. The minimum Gasteiger partial charge on any atom is -0.396 e. The third-order valence-corrected chi connectivity index (χ3v) is 12.1. The van der Waals surface area contributed by atoms with E-state index < -0.39 is 22.6 Å². The first-order valence-electron chi connectivity index (χ1n) is 17.1. The van der Waals surface area contributed by atoms with Gasteiger partial charge in [-0.3, -0.25) is 14.4 Å². The van der Waals surface area contributed by atoms with Gasteiger partial charge >= 0.3 is 0 Å². The van der Waals surface area contributed by atoms with E-state index in [9.17, 15) is 19.5 Å². The molecular weight excluding hydrogens is 609 g/mol. The summed E-state index contributed by atoms with van der Waals surface area (Å²) < 4.78 is -0.677. The number of benzene rings is 2. The van der Waals surface area contributed by atoms with E-state index in [1.807, 2.05) is 59.5 Å². The van der Waals surface area contributed by atoms with Crippen molar-refractivity contribution >= 4 is 40.9 Å². The van der Waals surface area contributed by atoms with Crippen molar-refractivity contribution in [1.82, 2.24) is 9.80 Å². The fraction of sp³-hybridized carbons (Fsp3) is 0.500. The Bertz CT molecular complexity index is 1410. The standard InChI is InChI=1S/C38H50N4O4S/c1-5-23-40(27-28-15-11-9-12-16-28)35(44)32-31-21-22-38(47-31)33(32)36(45)42(25-13-10-14-26-43)34(38)37(46)41(24-6-2)30-19-17-29(18-20-30)39(7-3)8-4/h5-6,9,11-12,15-20,31-34,43H,1-2,7-8,10,13-14,21-27H2,3-4H3/t31-,32+,33+,34?,38?/m1/s1. The maximum Gasteiger partial charge on any atom is 0.251 e. The molecule has 3 saturated heterocycles. The molecule has 3 heterocycles. The van der Waals surface area contributed by atoms with Gasteiger partial charge < -0.3 is 24.7 Å².